The summed E-state index contributed by atoms with van der Waals surface area (Å²) < 4.78 is 18.0. The molecule has 1 heterocycles. The lowest BCUT2D eigenvalue weighted by Crippen LogP contribution is -1.85. The zero-order valence-corrected chi connectivity index (χ0v) is 12.5. The second-order valence-electron chi connectivity index (χ2n) is 4.03. The summed E-state index contributed by atoms with van der Waals surface area (Å²) in [6.07, 6.45) is 0. The third kappa shape index (κ3) is 4.06. The highest BCUT2D eigenvalue weighted by atomic mass is 31.2. The molecule has 0 atom stereocenters. The second-order valence-corrected chi connectivity index (χ2v) is 5.70. The number of aromatic nitrogens is 2. The van der Waals surface area contributed by atoms with Crippen LogP contribution in [-0.4, -0.2) is 29.1 Å². The molecule has 0 radical (unpaired) electrons. The first kappa shape index (κ1) is 15.5. The van der Waals surface area contributed by atoms with Gasteiger partial charge in [0.2, 0.25) is 0 Å². The Labute approximate surface area is 122 Å². The summed E-state index contributed by atoms with van der Waals surface area (Å²) in [7, 11) is -1.45. The van der Waals surface area contributed by atoms with Crippen molar-refractivity contribution in [3.05, 3.63) is 48.5 Å². The molecule has 0 spiro atoms. The normalized spacial score (nSPS) is 11.2. The van der Waals surface area contributed by atoms with E-state index in [0.717, 1.165) is 36.3 Å². The average molecular weight is 306 g/mol. The lowest BCUT2D eigenvalue weighted by atomic mass is 10.2. The number of benzene rings is 2. The minimum Gasteiger partial charge on any atom is -0.303 e. The second kappa shape index (κ2) is 6.74. The first-order chi connectivity index (χ1) is 10.1. The number of hydrogen-bond acceptors (Lipinski definition) is 5. The maximum atomic E-state index is 10.1. The van der Waals surface area contributed by atoms with Gasteiger partial charge in [-0.2, -0.15) is 0 Å². The Morgan fingerprint density at radius 1 is 0.810 bits per heavy atom. The van der Waals surface area contributed by atoms with Gasteiger partial charge in [0.25, 0.3) is 0 Å². The average Bonchev–Trinajstić information content (AvgIpc) is 2.53. The van der Waals surface area contributed by atoms with Gasteiger partial charge in [0.15, 0.2) is 0 Å². The fourth-order valence-corrected chi connectivity index (χ4v) is 1.79. The van der Waals surface area contributed by atoms with Crippen LogP contribution in [0.1, 0.15) is 0 Å². The molecule has 2 aromatic carbocycles. The number of fused-ring (bicyclic) bond motifs is 2. The molecule has 0 saturated heterocycles. The van der Waals surface area contributed by atoms with Crippen molar-refractivity contribution in [2.45, 2.75) is 0 Å². The molecule has 0 unspecified atom stereocenters. The molecule has 1 aromatic heterocycles. The van der Waals surface area contributed by atoms with E-state index in [0.29, 0.717) is 0 Å². The first-order valence-electron chi connectivity index (χ1n) is 6.11. The lowest BCUT2D eigenvalue weighted by molar-refractivity contribution is 0.204. The maximum absolute atomic E-state index is 10.1. The molecule has 0 fully saturated rings. The highest BCUT2D eigenvalue weighted by molar-refractivity contribution is 7.47. The molecule has 0 aliphatic carbocycles. The van der Waals surface area contributed by atoms with Crippen molar-refractivity contribution in [2.24, 2.45) is 0 Å². The van der Waals surface area contributed by atoms with Crippen molar-refractivity contribution in [2.75, 3.05) is 14.2 Å². The Balaban J connectivity index is 0.000000199. The molecule has 0 bridgehead atoms. The fourth-order valence-electron chi connectivity index (χ4n) is 1.64. The molecule has 3 aromatic rings. The smallest absolute Gasteiger partial charge is 0.303 e. The summed E-state index contributed by atoms with van der Waals surface area (Å²) in [5.41, 5.74) is 3.80. The Hall–Kier alpha value is -1.85. The van der Waals surface area contributed by atoms with Gasteiger partial charge >= 0.3 is 7.82 Å². The standard InChI is InChI=1S/C12H8N2.C2H7O4P/c1-2-6-10-9(5-1)13-11-7-3-4-8-12(11)14-10;1-5-7(3,4)6-2/h1-8H;1-2H3,(H,3,4). The maximum Gasteiger partial charge on any atom is 0.471 e. The van der Waals surface area contributed by atoms with Crippen molar-refractivity contribution >= 4 is 29.9 Å². The van der Waals surface area contributed by atoms with Crippen LogP contribution in [0.3, 0.4) is 0 Å². The largest absolute Gasteiger partial charge is 0.471 e. The fraction of sp³-hybridized carbons (Fsp3) is 0.143. The van der Waals surface area contributed by atoms with E-state index >= 15 is 0 Å². The Morgan fingerprint density at radius 2 is 1.10 bits per heavy atom. The van der Waals surface area contributed by atoms with Gasteiger partial charge in [-0.05, 0) is 24.3 Å². The van der Waals surface area contributed by atoms with Crippen LogP contribution in [0.25, 0.3) is 22.1 Å². The minimum atomic E-state index is -3.65. The van der Waals surface area contributed by atoms with Gasteiger partial charge in [0.1, 0.15) is 0 Å². The molecule has 0 saturated carbocycles. The van der Waals surface area contributed by atoms with E-state index in [-0.39, 0.29) is 0 Å². The van der Waals surface area contributed by atoms with E-state index in [1.54, 1.807) is 0 Å². The first-order valence-corrected chi connectivity index (χ1v) is 7.61. The Morgan fingerprint density at radius 3 is 1.29 bits per heavy atom. The molecule has 7 heteroatoms. The highest BCUT2D eigenvalue weighted by Crippen LogP contribution is 2.40. The zero-order valence-electron chi connectivity index (χ0n) is 11.6. The summed E-state index contributed by atoms with van der Waals surface area (Å²) in [6.45, 7) is 0. The minimum absolute atomic E-state index is 0.950. The molecule has 21 heavy (non-hydrogen) atoms. The van der Waals surface area contributed by atoms with Crippen molar-refractivity contribution in [1.82, 2.24) is 9.97 Å². The zero-order chi connectivity index (χ0) is 15.3. The number of hydrogen-bond donors (Lipinski definition) is 1. The van der Waals surface area contributed by atoms with Crippen LogP contribution in [0.2, 0.25) is 0 Å². The predicted molar refractivity (Wildman–Crippen MR) is 80.9 cm³/mol. The predicted octanol–water partition coefficient (Wildman–Crippen LogP) is 3.16. The lowest BCUT2D eigenvalue weighted by Gasteiger charge is -2.01. The van der Waals surface area contributed by atoms with Crippen LogP contribution in [0, 0.1) is 0 Å². The molecule has 1 N–H and O–H groups in total. The van der Waals surface area contributed by atoms with Gasteiger partial charge in [0.05, 0.1) is 22.1 Å². The monoisotopic (exact) mass is 306 g/mol. The van der Waals surface area contributed by atoms with Gasteiger partial charge in [0, 0.05) is 14.2 Å². The number of phosphoric acid groups is 1. The topological polar surface area (TPSA) is 81.5 Å². The SMILES string of the molecule is COP(=O)(O)OC.c1ccc2nc3ccccc3nc2c1. The third-order valence-electron chi connectivity index (χ3n) is 2.71. The molecule has 0 amide bonds. The summed E-state index contributed by atoms with van der Waals surface area (Å²) in [5, 5.41) is 0. The van der Waals surface area contributed by atoms with Crippen LogP contribution in [-0.2, 0) is 13.6 Å². The van der Waals surface area contributed by atoms with Gasteiger partial charge in [-0.25, -0.2) is 14.5 Å². The van der Waals surface area contributed by atoms with Gasteiger partial charge in [-0.3, -0.25) is 9.05 Å². The van der Waals surface area contributed by atoms with E-state index in [2.05, 4.69) is 19.0 Å². The molecule has 110 valence electrons. The quantitative estimate of drug-likeness (QED) is 0.578. The number of para-hydroxylation sites is 4. The molecule has 3 rings (SSSR count). The van der Waals surface area contributed by atoms with Gasteiger partial charge in [-0.1, -0.05) is 24.3 Å². The molecule has 6 nitrogen and oxygen atoms in total. The van der Waals surface area contributed by atoms with Gasteiger partial charge < -0.3 is 4.89 Å². The summed E-state index contributed by atoms with van der Waals surface area (Å²) in [4.78, 5) is 17.3. The molecule has 0 aliphatic rings. The summed E-state index contributed by atoms with van der Waals surface area (Å²) in [6, 6.07) is 15.8. The van der Waals surface area contributed by atoms with Crippen LogP contribution in [0.5, 0.6) is 0 Å². The number of rotatable bonds is 2. The highest BCUT2D eigenvalue weighted by Gasteiger charge is 2.13. The van der Waals surface area contributed by atoms with Crippen molar-refractivity contribution in [3.8, 4) is 0 Å². The van der Waals surface area contributed by atoms with E-state index in [9.17, 15) is 4.57 Å². The molecular weight excluding hydrogens is 291 g/mol. The van der Waals surface area contributed by atoms with E-state index in [4.69, 9.17) is 4.89 Å². The number of nitrogens with zero attached hydrogens (tertiary/aromatic N) is 2. The van der Waals surface area contributed by atoms with Crippen molar-refractivity contribution in [3.63, 3.8) is 0 Å². The summed E-state index contributed by atoms with van der Waals surface area (Å²) in [5.74, 6) is 0. The van der Waals surface area contributed by atoms with Crippen LogP contribution in [0.4, 0.5) is 0 Å². The van der Waals surface area contributed by atoms with Crippen LogP contribution in [0.15, 0.2) is 48.5 Å². The van der Waals surface area contributed by atoms with Gasteiger partial charge in [-0.15, -0.1) is 0 Å². The number of phosphoric ester groups is 1. The van der Waals surface area contributed by atoms with E-state index < -0.39 is 7.82 Å². The van der Waals surface area contributed by atoms with E-state index in [1.807, 2.05) is 48.5 Å². The molecule has 0 aliphatic heterocycles. The van der Waals surface area contributed by atoms with Crippen LogP contribution < -0.4 is 0 Å². The third-order valence-corrected chi connectivity index (χ3v) is 3.63. The molecular formula is C14H15N2O4P. The Kier molecular flexibility index (Phi) is 4.98. The Bertz CT molecular complexity index is 681. The summed E-state index contributed by atoms with van der Waals surface area (Å²) >= 11 is 0. The van der Waals surface area contributed by atoms with E-state index in [1.165, 1.54) is 0 Å². The van der Waals surface area contributed by atoms with Crippen LogP contribution >= 0.6 is 7.82 Å². The van der Waals surface area contributed by atoms with Crippen molar-refractivity contribution in [1.29, 1.82) is 0 Å². The van der Waals surface area contributed by atoms with Crippen molar-refractivity contribution < 1.29 is 18.5 Å².